The minimum Gasteiger partial charge on any atom is -0.480 e. The standard InChI is InChI=1S/C29H56NO10P/c1-3-5-7-8-9-10-11-12-13-14-15-16-17-18-19-21-28(32)40-25(22-37-27(31)20-6-4-2)23-38-41(35,36)39-24-26(30)29(33)34/h25-26H,3-24,30H2,1-2H3,(H,33,34)(H,35,36). The van der Waals surface area contributed by atoms with Crippen molar-refractivity contribution in [2.45, 2.75) is 148 Å². The number of carbonyl (C=O) groups excluding carboxylic acids is 2. The summed E-state index contributed by atoms with van der Waals surface area (Å²) in [6, 6.07) is -1.51. The fraction of sp³-hybridized carbons (Fsp3) is 0.897. The second-order valence-electron chi connectivity index (χ2n) is 10.6. The molecule has 0 aromatic heterocycles. The van der Waals surface area contributed by atoms with Gasteiger partial charge in [0.2, 0.25) is 0 Å². The zero-order valence-electron chi connectivity index (χ0n) is 25.4. The van der Waals surface area contributed by atoms with Gasteiger partial charge in [0.15, 0.2) is 6.10 Å². The Morgan fingerprint density at radius 1 is 0.659 bits per heavy atom. The molecule has 0 heterocycles. The number of hydrogen-bond acceptors (Lipinski definition) is 9. The number of nitrogens with two attached hydrogens (primary N) is 1. The zero-order valence-corrected chi connectivity index (χ0v) is 26.3. The molecule has 0 rings (SSSR count). The molecule has 0 aromatic rings. The molecule has 0 amide bonds. The fourth-order valence-electron chi connectivity index (χ4n) is 4.04. The van der Waals surface area contributed by atoms with Gasteiger partial charge in [-0.15, -0.1) is 0 Å². The topological polar surface area (TPSA) is 172 Å². The summed E-state index contributed by atoms with van der Waals surface area (Å²) in [6.45, 7) is 2.49. The summed E-state index contributed by atoms with van der Waals surface area (Å²) in [5.74, 6) is -2.42. The highest BCUT2D eigenvalue weighted by atomic mass is 31.2. The lowest BCUT2D eigenvalue weighted by Crippen LogP contribution is -2.34. The maximum absolute atomic E-state index is 12.4. The van der Waals surface area contributed by atoms with Gasteiger partial charge >= 0.3 is 25.7 Å². The average Bonchev–Trinajstić information content (AvgIpc) is 2.94. The number of carbonyl (C=O) groups is 3. The molecule has 0 saturated heterocycles. The van der Waals surface area contributed by atoms with Crippen LogP contribution in [0, 0.1) is 0 Å². The Hall–Kier alpha value is -1.52. The molecule has 12 heteroatoms. The molecule has 0 spiro atoms. The molecule has 3 unspecified atom stereocenters. The van der Waals surface area contributed by atoms with Crippen LogP contribution in [-0.2, 0) is 37.5 Å². The fourth-order valence-corrected chi connectivity index (χ4v) is 4.82. The molecule has 0 aromatic carbocycles. The van der Waals surface area contributed by atoms with Gasteiger partial charge in [-0.1, -0.05) is 110 Å². The molecule has 0 saturated carbocycles. The predicted molar refractivity (Wildman–Crippen MR) is 157 cm³/mol. The summed E-state index contributed by atoms with van der Waals surface area (Å²) < 4.78 is 31.9. The first-order valence-corrected chi connectivity index (χ1v) is 17.1. The molecular weight excluding hydrogens is 553 g/mol. The molecule has 0 radical (unpaired) electrons. The van der Waals surface area contributed by atoms with E-state index in [-0.39, 0.29) is 19.4 Å². The number of carboxylic acids is 1. The van der Waals surface area contributed by atoms with Crippen molar-refractivity contribution in [2.24, 2.45) is 5.73 Å². The molecule has 0 aliphatic carbocycles. The second kappa shape index (κ2) is 26.1. The van der Waals surface area contributed by atoms with Gasteiger partial charge in [-0.25, -0.2) is 4.57 Å². The first kappa shape index (κ1) is 39.5. The highest BCUT2D eigenvalue weighted by Crippen LogP contribution is 2.43. The highest BCUT2D eigenvalue weighted by molar-refractivity contribution is 7.47. The number of hydrogen-bond donors (Lipinski definition) is 3. The van der Waals surface area contributed by atoms with E-state index in [1.165, 1.54) is 70.6 Å². The van der Waals surface area contributed by atoms with Crippen molar-refractivity contribution in [1.82, 2.24) is 0 Å². The van der Waals surface area contributed by atoms with Crippen molar-refractivity contribution in [3.8, 4) is 0 Å². The third kappa shape index (κ3) is 25.9. The molecule has 0 aliphatic rings. The lowest BCUT2D eigenvalue weighted by atomic mass is 10.0. The van der Waals surface area contributed by atoms with Crippen LogP contribution in [0.25, 0.3) is 0 Å². The van der Waals surface area contributed by atoms with E-state index in [1.54, 1.807) is 0 Å². The van der Waals surface area contributed by atoms with Crippen molar-refractivity contribution in [1.29, 1.82) is 0 Å². The molecule has 3 atom stereocenters. The summed E-state index contributed by atoms with van der Waals surface area (Å²) in [6.07, 6.45) is 18.9. The Bertz CT molecular complexity index is 736. The Labute approximate surface area is 246 Å². The van der Waals surface area contributed by atoms with Crippen molar-refractivity contribution in [3.63, 3.8) is 0 Å². The molecule has 0 fully saturated rings. The van der Waals surface area contributed by atoms with E-state index in [1.807, 2.05) is 6.92 Å². The van der Waals surface area contributed by atoms with Crippen LogP contribution in [0.4, 0.5) is 0 Å². The normalized spacial score (nSPS) is 14.2. The number of esters is 2. The first-order chi connectivity index (χ1) is 19.6. The van der Waals surface area contributed by atoms with Gasteiger partial charge in [0, 0.05) is 12.8 Å². The molecule has 11 nitrogen and oxygen atoms in total. The zero-order chi connectivity index (χ0) is 30.8. The Balaban J connectivity index is 4.23. The number of carboxylic acid groups (broad SMARTS) is 1. The third-order valence-electron chi connectivity index (χ3n) is 6.61. The quantitative estimate of drug-likeness (QED) is 0.0484. The number of unbranched alkanes of at least 4 members (excludes halogenated alkanes) is 15. The van der Waals surface area contributed by atoms with Crippen LogP contribution in [0.2, 0.25) is 0 Å². The van der Waals surface area contributed by atoms with Gasteiger partial charge in [0.05, 0.1) is 13.2 Å². The predicted octanol–water partition coefficient (Wildman–Crippen LogP) is 6.44. The monoisotopic (exact) mass is 609 g/mol. The number of phosphoric acid groups is 1. The summed E-state index contributed by atoms with van der Waals surface area (Å²) in [5.41, 5.74) is 5.26. The van der Waals surface area contributed by atoms with Crippen molar-refractivity contribution < 1.29 is 47.5 Å². The highest BCUT2D eigenvalue weighted by Gasteiger charge is 2.28. The van der Waals surface area contributed by atoms with Gasteiger partial charge in [-0.05, 0) is 12.8 Å². The van der Waals surface area contributed by atoms with E-state index < -0.39 is 51.1 Å². The van der Waals surface area contributed by atoms with E-state index in [4.69, 9.17) is 24.8 Å². The number of aliphatic carboxylic acids is 1. The van der Waals surface area contributed by atoms with Crippen LogP contribution in [0.5, 0.6) is 0 Å². The smallest absolute Gasteiger partial charge is 0.472 e. The van der Waals surface area contributed by atoms with Crippen molar-refractivity contribution in [3.05, 3.63) is 0 Å². The van der Waals surface area contributed by atoms with Gasteiger partial charge in [-0.2, -0.15) is 0 Å². The molecular formula is C29H56NO10P. The molecule has 242 valence electrons. The van der Waals surface area contributed by atoms with Crippen molar-refractivity contribution in [2.75, 3.05) is 19.8 Å². The van der Waals surface area contributed by atoms with Gasteiger partial charge in [0.25, 0.3) is 0 Å². The maximum Gasteiger partial charge on any atom is 0.472 e. The summed E-state index contributed by atoms with van der Waals surface area (Å²) in [7, 11) is -4.68. The number of rotatable bonds is 29. The largest absolute Gasteiger partial charge is 0.480 e. The third-order valence-corrected chi connectivity index (χ3v) is 7.56. The Morgan fingerprint density at radius 2 is 1.10 bits per heavy atom. The molecule has 41 heavy (non-hydrogen) atoms. The van der Waals surface area contributed by atoms with Crippen LogP contribution in [-0.4, -0.2) is 59.9 Å². The maximum atomic E-state index is 12.4. The molecule has 0 bridgehead atoms. The van der Waals surface area contributed by atoms with E-state index in [9.17, 15) is 23.8 Å². The first-order valence-electron chi connectivity index (χ1n) is 15.6. The van der Waals surface area contributed by atoms with Gasteiger partial charge < -0.3 is 25.2 Å². The lowest BCUT2D eigenvalue weighted by molar-refractivity contribution is -0.161. The van der Waals surface area contributed by atoms with E-state index >= 15 is 0 Å². The van der Waals surface area contributed by atoms with Gasteiger partial charge in [0.1, 0.15) is 12.6 Å². The molecule has 4 N–H and O–H groups in total. The molecule has 0 aliphatic heterocycles. The number of ether oxygens (including phenoxy) is 2. The van der Waals surface area contributed by atoms with E-state index in [0.717, 1.165) is 25.7 Å². The van der Waals surface area contributed by atoms with Crippen LogP contribution >= 0.6 is 7.82 Å². The SMILES string of the molecule is CCCCCCCCCCCCCCCCCC(=O)OC(COC(=O)CCCC)COP(=O)(O)OCC(N)C(=O)O. The van der Waals surface area contributed by atoms with E-state index in [2.05, 4.69) is 11.4 Å². The van der Waals surface area contributed by atoms with Crippen molar-refractivity contribution >= 4 is 25.7 Å². The summed E-state index contributed by atoms with van der Waals surface area (Å²) >= 11 is 0. The van der Waals surface area contributed by atoms with E-state index in [0.29, 0.717) is 12.8 Å². The van der Waals surface area contributed by atoms with Crippen LogP contribution < -0.4 is 5.73 Å². The summed E-state index contributed by atoms with van der Waals surface area (Å²) in [5, 5.41) is 8.76. The average molecular weight is 610 g/mol. The Morgan fingerprint density at radius 3 is 1.59 bits per heavy atom. The number of phosphoric ester groups is 1. The second-order valence-corrected chi connectivity index (χ2v) is 12.1. The van der Waals surface area contributed by atoms with Crippen LogP contribution in [0.15, 0.2) is 0 Å². The minimum absolute atomic E-state index is 0.166. The van der Waals surface area contributed by atoms with Gasteiger partial charge in [-0.3, -0.25) is 23.4 Å². The van der Waals surface area contributed by atoms with Crippen LogP contribution in [0.1, 0.15) is 136 Å². The Kier molecular flexibility index (Phi) is 25.2. The summed E-state index contributed by atoms with van der Waals surface area (Å²) in [4.78, 5) is 44.8. The minimum atomic E-state index is -4.68. The lowest BCUT2D eigenvalue weighted by Gasteiger charge is -2.20. The van der Waals surface area contributed by atoms with Crippen LogP contribution in [0.3, 0.4) is 0 Å².